The molecule has 1 amide bonds. The van der Waals surface area contributed by atoms with E-state index in [1.54, 1.807) is 30.6 Å². The molecule has 1 aromatic heterocycles. The van der Waals surface area contributed by atoms with Gasteiger partial charge < -0.3 is 5.32 Å². The fourth-order valence-electron chi connectivity index (χ4n) is 2.62. The van der Waals surface area contributed by atoms with Crippen molar-refractivity contribution in [3.05, 3.63) is 95.6 Å². The van der Waals surface area contributed by atoms with Gasteiger partial charge in [0.25, 0.3) is 0 Å². The SMILES string of the molecule is O=C(CCc1ccccc1F)Nc1ccc(Cc2ccncc2)cc1. The molecular formula is C21H19FN2O. The summed E-state index contributed by atoms with van der Waals surface area (Å²) in [7, 11) is 0. The number of carbonyl (C=O) groups excluding carboxylic acids is 1. The lowest BCUT2D eigenvalue weighted by Gasteiger charge is -2.07. The van der Waals surface area contributed by atoms with Crippen molar-refractivity contribution in [3.63, 3.8) is 0 Å². The van der Waals surface area contributed by atoms with Gasteiger partial charge in [-0.3, -0.25) is 9.78 Å². The second-order valence-electron chi connectivity index (χ2n) is 5.87. The van der Waals surface area contributed by atoms with Crippen LogP contribution in [0.3, 0.4) is 0 Å². The normalized spacial score (nSPS) is 10.4. The first-order valence-corrected chi connectivity index (χ1v) is 8.22. The molecule has 0 radical (unpaired) electrons. The summed E-state index contributed by atoms with van der Waals surface area (Å²) in [5.41, 5.74) is 3.66. The van der Waals surface area contributed by atoms with Gasteiger partial charge in [0.1, 0.15) is 5.82 Å². The summed E-state index contributed by atoms with van der Waals surface area (Å²) in [6.07, 6.45) is 5.02. The van der Waals surface area contributed by atoms with Gasteiger partial charge in [-0.1, -0.05) is 30.3 Å². The number of hydrogen-bond donors (Lipinski definition) is 1. The third-order valence-corrected chi connectivity index (χ3v) is 3.97. The van der Waals surface area contributed by atoms with Crippen LogP contribution in [0.25, 0.3) is 0 Å². The van der Waals surface area contributed by atoms with Crippen molar-refractivity contribution in [1.29, 1.82) is 0 Å². The number of halogens is 1. The maximum atomic E-state index is 13.6. The Balaban J connectivity index is 1.52. The molecule has 0 aliphatic carbocycles. The van der Waals surface area contributed by atoms with Crippen LogP contribution >= 0.6 is 0 Å². The molecular weight excluding hydrogens is 315 g/mol. The number of amides is 1. The predicted molar refractivity (Wildman–Crippen MR) is 96.8 cm³/mol. The van der Waals surface area contributed by atoms with E-state index in [0.29, 0.717) is 12.0 Å². The van der Waals surface area contributed by atoms with Gasteiger partial charge in [0.15, 0.2) is 0 Å². The van der Waals surface area contributed by atoms with Crippen molar-refractivity contribution >= 4 is 11.6 Å². The molecule has 0 bridgehead atoms. The Bertz CT molecular complexity index is 832. The molecule has 0 atom stereocenters. The monoisotopic (exact) mass is 334 g/mol. The van der Waals surface area contributed by atoms with E-state index in [-0.39, 0.29) is 18.1 Å². The van der Waals surface area contributed by atoms with E-state index in [9.17, 15) is 9.18 Å². The van der Waals surface area contributed by atoms with Crippen LogP contribution in [0.15, 0.2) is 73.1 Å². The average Bonchev–Trinajstić information content (AvgIpc) is 2.64. The number of aromatic nitrogens is 1. The Kier molecular flexibility index (Phi) is 5.52. The zero-order valence-corrected chi connectivity index (χ0v) is 13.8. The molecule has 0 saturated heterocycles. The number of hydrogen-bond acceptors (Lipinski definition) is 2. The number of carbonyl (C=O) groups is 1. The van der Waals surface area contributed by atoms with Gasteiger partial charge in [0.2, 0.25) is 5.91 Å². The molecule has 0 aliphatic rings. The van der Waals surface area contributed by atoms with E-state index < -0.39 is 0 Å². The van der Waals surface area contributed by atoms with E-state index in [1.165, 1.54) is 11.6 Å². The topological polar surface area (TPSA) is 42.0 Å². The first-order chi connectivity index (χ1) is 12.2. The van der Waals surface area contributed by atoms with Crippen molar-refractivity contribution in [3.8, 4) is 0 Å². The van der Waals surface area contributed by atoms with E-state index in [2.05, 4.69) is 10.3 Å². The second-order valence-corrected chi connectivity index (χ2v) is 5.87. The number of nitrogens with one attached hydrogen (secondary N) is 1. The van der Waals surface area contributed by atoms with Gasteiger partial charge in [0, 0.05) is 24.5 Å². The first kappa shape index (κ1) is 16.8. The Morgan fingerprint density at radius 1 is 0.920 bits per heavy atom. The van der Waals surface area contributed by atoms with Crippen molar-refractivity contribution < 1.29 is 9.18 Å². The third kappa shape index (κ3) is 4.98. The average molecular weight is 334 g/mol. The summed E-state index contributed by atoms with van der Waals surface area (Å²) in [4.78, 5) is 16.0. The molecule has 3 aromatic rings. The second kappa shape index (κ2) is 8.20. The van der Waals surface area contributed by atoms with Gasteiger partial charge in [-0.2, -0.15) is 0 Å². The Labute approximate surface area is 146 Å². The predicted octanol–water partition coefficient (Wildman–Crippen LogP) is 4.38. The summed E-state index contributed by atoms with van der Waals surface area (Å²) in [6.45, 7) is 0. The molecule has 2 aromatic carbocycles. The molecule has 3 rings (SSSR count). The Hall–Kier alpha value is -3.01. The smallest absolute Gasteiger partial charge is 0.224 e. The largest absolute Gasteiger partial charge is 0.326 e. The van der Waals surface area contributed by atoms with Gasteiger partial charge >= 0.3 is 0 Å². The fourth-order valence-corrected chi connectivity index (χ4v) is 2.62. The number of rotatable bonds is 6. The molecule has 0 saturated carbocycles. The van der Waals surface area contributed by atoms with Crippen molar-refractivity contribution in [2.45, 2.75) is 19.3 Å². The van der Waals surface area contributed by atoms with Crippen molar-refractivity contribution in [1.82, 2.24) is 4.98 Å². The minimum absolute atomic E-state index is 0.120. The zero-order chi connectivity index (χ0) is 17.5. The molecule has 3 nitrogen and oxygen atoms in total. The van der Waals surface area contributed by atoms with Crippen LogP contribution in [0.5, 0.6) is 0 Å². The molecule has 0 unspecified atom stereocenters. The minimum atomic E-state index is -0.268. The standard InChI is InChI=1S/C21H19FN2O/c22-20-4-2-1-3-18(20)7-10-21(25)24-19-8-5-16(6-9-19)15-17-11-13-23-14-12-17/h1-6,8-9,11-14H,7,10,15H2,(H,24,25). The van der Waals surface area contributed by atoms with Crippen molar-refractivity contribution in [2.24, 2.45) is 0 Å². The molecule has 1 heterocycles. The van der Waals surface area contributed by atoms with Crippen molar-refractivity contribution in [2.75, 3.05) is 5.32 Å². The highest BCUT2D eigenvalue weighted by Gasteiger charge is 2.06. The number of aryl methyl sites for hydroxylation is 1. The van der Waals surface area contributed by atoms with Gasteiger partial charge in [-0.15, -0.1) is 0 Å². The Morgan fingerprint density at radius 2 is 1.60 bits per heavy atom. The molecule has 126 valence electrons. The van der Waals surface area contributed by atoms with E-state index >= 15 is 0 Å². The summed E-state index contributed by atoms with van der Waals surface area (Å²) in [6, 6.07) is 18.3. The maximum absolute atomic E-state index is 13.6. The van der Waals surface area contributed by atoms with E-state index in [1.807, 2.05) is 36.4 Å². The van der Waals surface area contributed by atoms with Crippen LogP contribution in [-0.4, -0.2) is 10.9 Å². The molecule has 1 N–H and O–H groups in total. The van der Waals surface area contributed by atoms with E-state index in [0.717, 1.165) is 17.7 Å². The van der Waals surface area contributed by atoms with Crippen LogP contribution in [0.2, 0.25) is 0 Å². The summed E-state index contributed by atoms with van der Waals surface area (Å²) in [5.74, 6) is -0.388. The quantitative estimate of drug-likeness (QED) is 0.727. The number of anilines is 1. The highest BCUT2D eigenvalue weighted by Crippen LogP contribution is 2.14. The molecule has 0 fully saturated rings. The fraction of sp³-hybridized carbons (Fsp3) is 0.143. The third-order valence-electron chi connectivity index (χ3n) is 3.97. The van der Waals surface area contributed by atoms with E-state index in [4.69, 9.17) is 0 Å². The highest BCUT2D eigenvalue weighted by molar-refractivity contribution is 5.90. The van der Waals surface area contributed by atoms with Gasteiger partial charge in [-0.25, -0.2) is 4.39 Å². The summed E-state index contributed by atoms with van der Waals surface area (Å²) in [5, 5.41) is 2.85. The number of benzene rings is 2. The summed E-state index contributed by atoms with van der Waals surface area (Å²) >= 11 is 0. The molecule has 4 heteroatoms. The molecule has 25 heavy (non-hydrogen) atoms. The summed E-state index contributed by atoms with van der Waals surface area (Å²) < 4.78 is 13.6. The Morgan fingerprint density at radius 3 is 2.32 bits per heavy atom. The lowest BCUT2D eigenvalue weighted by atomic mass is 10.1. The highest BCUT2D eigenvalue weighted by atomic mass is 19.1. The number of pyridine rings is 1. The zero-order valence-electron chi connectivity index (χ0n) is 13.8. The van der Waals surface area contributed by atoms with Crippen LogP contribution in [0.4, 0.5) is 10.1 Å². The number of nitrogens with zero attached hydrogens (tertiary/aromatic N) is 1. The minimum Gasteiger partial charge on any atom is -0.326 e. The van der Waals surface area contributed by atoms with Crippen LogP contribution in [0, 0.1) is 5.82 Å². The van der Waals surface area contributed by atoms with Gasteiger partial charge in [0.05, 0.1) is 0 Å². The van der Waals surface area contributed by atoms with Crippen LogP contribution < -0.4 is 5.32 Å². The maximum Gasteiger partial charge on any atom is 0.224 e. The lowest BCUT2D eigenvalue weighted by molar-refractivity contribution is -0.116. The first-order valence-electron chi connectivity index (χ1n) is 8.22. The van der Waals surface area contributed by atoms with Crippen LogP contribution in [-0.2, 0) is 17.6 Å². The molecule has 0 spiro atoms. The van der Waals surface area contributed by atoms with Crippen LogP contribution in [0.1, 0.15) is 23.1 Å². The molecule has 0 aliphatic heterocycles. The van der Waals surface area contributed by atoms with Gasteiger partial charge in [-0.05, 0) is 59.9 Å². The lowest BCUT2D eigenvalue weighted by Crippen LogP contribution is -2.12.